The number of benzene rings is 1. The molecule has 0 aliphatic heterocycles. The molecule has 3 heteroatoms. The Kier molecular flexibility index (Phi) is 3.46. The third-order valence-corrected chi connectivity index (χ3v) is 3.98. The minimum atomic E-state index is -0.492. The molecule has 1 N–H and O–H groups in total. The van der Waals surface area contributed by atoms with Crippen molar-refractivity contribution in [3.8, 4) is 0 Å². The van der Waals surface area contributed by atoms with Crippen LogP contribution in [0.3, 0.4) is 0 Å². The molecule has 78 valence electrons. The highest BCUT2D eigenvalue weighted by molar-refractivity contribution is 7.98. The van der Waals surface area contributed by atoms with Crippen LogP contribution in [0.25, 0.3) is 0 Å². The first-order valence-corrected chi connectivity index (χ1v) is 6.77. The summed E-state index contributed by atoms with van der Waals surface area (Å²) in [7, 11) is 0. The van der Waals surface area contributed by atoms with Crippen molar-refractivity contribution in [1.82, 2.24) is 0 Å². The highest BCUT2D eigenvalue weighted by Crippen LogP contribution is 2.31. The molecule has 0 aliphatic carbocycles. The van der Waals surface area contributed by atoms with Crippen LogP contribution in [0.4, 0.5) is 0 Å². The molecule has 0 bridgehead atoms. The van der Waals surface area contributed by atoms with Crippen LogP contribution in [0.1, 0.15) is 16.5 Å². The number of aliphatic hydroxyl groups is 1. The largest absolute Gasteiger partial charge is 0.383 e. The highest BCUT2D eigenvalue weighted by atomic mass is 32.2. The fourth-order valence-electron chi connectivity index (χ4n) is 1.49. The van der Waals surface area contributed by atoms with Crippen molar-refractivity contribution in [1.29, 1.82) is 0 Å². The van der Waals surface area contributed by atoms with Crippen LogP contribution < -0.4 is 0 Å². The normalized spacial score (nSPS) is 12.7. The van der Waals surface area contributed by atoms with Crippen molar-refractivity contribution in [3.63, 3.8) is 0 Å². The summed E-state index contributed by atoms with van der Waals surface area (Å²) in [6.45, 7) is 0. The molecule has 0 saturated heterocycles. The molecular weight excluding hydrogens is 224 g/mol. The summed E-state index contributed by atoms with van der Waals surface area (Å²) in [6.07, 6.45) is 1.54. The Morgan fingerprint density at radius 3 is 2.67 bits per heavy atom. The average Bonchev–Trinajstić information content (AvgIpc) is 2.81. The first-order valence-electron chi connectivity index (χ1n) is 4.67. The maximum atomic E-state index is 10.2. The summed E-state index contributed by atoms with van der Waals surface area (Å²) >= 11 is 3.25. The van der Waals surface area contributed by atoms with E-state index in [0.717, 1.165) is 15.3 Å². The van der Waals surface area contributed by atoms with Gasteiger partial charge in [0, 0.05) is 9.77 Å². The molecule has 1 nitrogen and oxygen atoms in total. The van der Waals surface area contributed by atoms with Gasteiger partial charge >= 0.3 is 0 Å². The molecule has 0 saturated carbocycles. The van der Waals surface area contributed by atoms with E-state index in [2.05, 4.69) is 0 Å². The second-order valence-corrected chi connectivity index (χ2v) is 4.99. The molecule has 0 spiro atoms. The van der Waals surface area contributed by atoms with E-state index in [4.69, 9.17) is 0 Å². The smallest absolute Gasteiger partial charge is 0.114 e. The zero-order valence-electron chi connectivity index (χ0n) is 8.38. The monoisotopic (exact) mass is 236 g/mol. The molecule has 2 rings (SSSR count). The maximum absolute atomic E-state index is 10.2. The summed E-state index contributed by atoms with van der Waals surface area (Å²) in [6, 6.07) is 11.9. The first kappa shape index (κ1) is 10.7. The van der Waals surface area contributed by atoms with E-state index in [-0.39, 0.29) is 0 Å². The first-order chi connectivity index (χ1) is 7.33. The van der Waals surface area contributed by atoms with Crippen molar-refractivity contribution >= 4 is 23.1 Å². The van der Waals surface area contributed by atoms with Crippen molar-refractivity contribution in [2.75, 3.05) is 6.26 Å². The van der Waals surface area contributed by atoms with Gasteiger partial charge in [-0.05, 0) is 29.3 Å². The lowest BCUT2D eigenvalue weighted by atomic mass is 10.1. The molecule has 0 unspecified atom stereocenters. The lowest BCUT2D eigenvalue weighted by Crippen LogP contribution is -1.98. The van der Waals surface area contributed by atoms with Gasteiger partial charge in [0.25, 0.3) is 0 Å². The Morgan fingerprint density at radius 2 is 2.00 bits per heavy atom. The Balaban J connectivity index is 2.37. The van der Waals surface area contributed by atoms with Gasteiger partial charge in [-0.3, -0.25) is 0 Å². The van der Waals surface area contributed by atoms with Gasteiger partial charge in [0.15, 0.2) is 0 Å². The van der Waals surface area contributed by atoms with E-state index in [1.54, 1.807) is 23.1 Å². The second-order valence-electron chi connectivity index (χ2n) is 3.16. The van der Waals surface area contributed by atoms with Crippen molar-refractivity contribution in [2.45, 2.75) is 11.0 Å². The number of hydrogen-bond donors (Lipinski definition) is 1. The van der Waals surface area contributed by atoms with Crippen LogP contribution in [0.5, 0.6) is 0 Å². The van der Waals surface area contributed by atoms with Gasteiger partial charge in [-0.15, -0.1) is 23.1 Å². The van der Waals surface area contributed by atoms with Crippen LogP contribution in [0.2, 0.25) is 0 Å². The summed E-state index contributed by atoms with van der Waals surface area (Å²) in [4.78, 5) is 2.13. The van der Waals surface area contributed by atoms with Gasteiger partial charge in [0.1, 0.15) is 6.10 Å². The number of hydrogen-bond acceptors (Lipinski definition) is 3. The number of thiophene rings is 1. The van der Waals surface area contributed by atoms with Crippen LogP contribution in [0.15, 0.2) is 46.7 Å². The predicted molar refractivity (Wildman–Crippen MR) is 66.6 cm³/mol. The Labute approximate surface area is 97.8 Å². The highest BCUT2D eigenvalue weighted by Gasteiger charge is 2.14. The molecular formula is C12H12OS2. The van der Waals surface area contributed by atoms with Crippen LogP contribution >= 0.6 is 23.1 Å². The molecule has 1 aromatic carbocycles. The zero-order chi connectivity index (χ0) is 10.7. The summed E-state index contributed by atoms with van der Waals surface area (Å²) in [5, 5.41) is 12.2. The number of rotatable bonds is 3. The summed E-state index contributed by atoms with van der Waals surface area (Å²) in [5.41, 5.74) is 0.993. The van der Waals surface area contributed by atoms with Crippen LogP contribution in [-0.2, 0) is 0 Å². The topological polar surface area (TPSA) is 20.2 Å². The van der Waals surface area contributed by atoms with Gasteiger partial charge in [-0.2, -0.15) is 0 Å². The standard InChI is InChI=1S/C12H12OS2/c1-14-10-6-3-2-5-9(10)12(13)11-7-4-8-15-11/h2-8,12-13H,1H3/t12-/m0/s1. The third-order valence-electron chi connectivity index (χ3n) is 2.25. The average molecular weight is 236 g/mol. The van der Waals surface area contributed by atoms with Gasteiger partial charge in [0.05, 0.1) is 0 Å². The van der Waals surface area contributed by atoms with E-state index in [1.165, 1.54) is 0 Å². The van der Waals surface area contributed by atoms with Gasteiger partial charge in [0.2, 0.25) is 0 Å². The molecule has 0 fully saturated rings. The fraction of sp³-hybridized carbons (Fsp3) is 0.167. The van der Waals surface area contributed by atoms with E-state index in [9.17, 15) is 5.11 Å². The van der Waals surface area contributed by atoms with Crippen molar-refractivity contribution in [2.24, 2.45) is 0 Å². The molecule has 0 aliphatic rings. The second kappa shape index (κ2) is 4.84. The SMILES string of the molecule is CSc1ccccc1[C@H](O)c1cccs1. The molecule has 1 atom stereocenters. The lowest BCUT2D eigenvalue weighted by molar-refractivity contribution is 0.221. The lowest BCUT2D eigenvalue weighted by Gasteiger charge is -2.12. The molecule has 0 radical (unpaired) electrons. The van der Waals surface area contributed by atoms with E-state index < -0.39 is 6.10 Å². The Morgan fingerprint density at radius 1 is 1.20 bits per heavy atom. The Bertz CT molecular complexity index is 423. The maximum Gasteiger partial charge on any atom is 0.114 e. The van der Waals surface area contributed by atoms with E-state index in [1.807, 2.05) is 48.0 Å². The summed E-state index contributed by atoms with van der Waals surface area (Å²) in [5.74, 6) is 0. The van der Waals surface area contributed by atoms with Crippen LogP contribution in [-0.4, -0.2) is 11.4 Å². The summed E-state index contributed by atoms with van der Waals surface area (Å²) < 4.78 is 0. The van der Waals surface area contributed by atoms with Crippen molar-refractivity contribution in [3.05, 3.63) is 52.2 Å². The molecule has 1 heterocycles. The number of aliphatic hydroxyl groups excluding tert-OH is 1. The van der Waals surface area contributed by atoms with Crippen LogP contribution in [0, 0.1) is 0 Å². The molecule has 2 aromatic rings. The fourth-order valence-corrected chi connectivity index (χ4v) is 2.85. The minimum Gasteiger partial charge on any atom is -0.383 e. The minimum absolute atomic E-state index is 0.492. The quantitative estimate of drug-likeness (QED) is 0.822. The van der Waals surface area contributed by atoms with E-state index in [0.29, 0.717) is 0 Å². The zero-order valence-corrected chi connectivity index (χ0v) is 10.0. The van der Waals surface area contributed by atoms with E-state index >= 15 is 0 Å². The van der Waals surface area contributed by atoms with Gasteiger partial charge in [-0.1, -0.05) is 24.3 Å². The van der Waals surface area contributed by atoms with Gasteiger partial charge in [-0.25, -0.2) is 0 Å². The number of thioether (sulfide) groups is 1. The third kappa shape index (κ3) is 2.25. The molecule has 15 heavy (non-hydrogen) atoms. The molecule has 0 amide bonds. The van der Waals surface area contributed by atoms with Gasteiger partial charge < -0.3 is 5.11 Å². The molecule has 1 aromatic heterocycles. The Hall–Kier alpha value is -0.770. The predicted octanol–water partition coefficient (Wildman–Crippen LogP) is 3.55. The van der Waals surface area contributed by atoms with Crippen molar-refractivity contribution < 1.29 is 5.11 Å².